The van der Waals surface area contributed by atoms with Crippen molar-refractivity contribution in [2.75, 3.05) is 19.6 Å². The van der Waals surface area contributed by atoms with Gasteiger partial charge < -0.3 is 5.32 Å². The molecule has 2 nitrogen and oxygen atoms in total. The van der Waals surface area contributed by atoms with Gasteiger partial charge in [-0.05, 0) is 50.5 Å². The van der Waals surface area contributed by atoms with Crippen LogP contribution < -0.4 is 5.32 Å². The standard InChI is InChI=1S/C16H30N2/c1-13(2)7-10-18-11-15(14-5-6-14)17-12-16(18)8-3-4-9-16/h13-15,17H,3-12H2,1-2H3. The molecule has 1 heterocycles. The molecule has 1 unspecified atom stereocenters. The monoisotopic (exact) mass is 250 g/mol. The molecule has 0 aromatic carbocycles. The van der Waals surface area contributed by atoms with Crippen molar-refractivity contribution in [1.82, 2.24) is 10.2 Å². The lowest BCUT2D eigenvalue weighted by Crippen LogP contribution is -2.64. The Balaban J connectivity index is 1.65. The topological polar surface area (TPSA) is 15.3 Å². The maximum atomic E-state index is 3.89. The molecule has 0 bridgehead atoms. The summed E-state index contributed by atoms with van der Waals surface area (Å²) in [5.41, 5.74) is 0.542. The highest BCUT2D eigenvalue weighted by molar-refractivity contribution is 5.04. The molecule has 3 fully saturated rings. The first-order chi connectivity index (χ1) is 8.70. The number of nitrogens with zero attached hydrogens (tertiary/aromatic N) is 1. The van der Waals surface area contributed by atoms with Crippen LogP contribution in [-0.2, 0) is 0 Å². The van der Waals surface area contributed by atoms with Crippen molar-refractivity contribution in [1.29, 1.82) is 0 Å². The van der Waals surface area contributed by atoms with Gasteiger partial charge in [0.2, 0.25) is 0 Å². The van der Waals surface area contributed by atoms with Crippen LogP contribution in [-0.4, -0.2) is 36.1 Å². The van der Waals surface area contributed by atoms with Crippen molar-refractivity contribution in [2.24, 2.45) is 11.8 Å². The number of piperazine rings is 1. The quantitative estimate of drug-likeness (QED) is 0.825. The summed E-state index contributed by atoms with van der Waals surface area (Å²) in [6.07, 6.45) is 10.1. The first-order valence-electron chi connectivity index (χ1n) is 8.18. The van der Waals surface area contributed by atoms with E-state index in [1.807, 2.05) is 0 Å². The predicted octanol–water partition coefficient (Wildman–Crippen LogP) is 3.03. The molecule has 1 aliphatic heterocycles. The van der Waals surface area contributed by atoms with Gasteiger partial charge in [0.05, 0.1) is 0 Å². The van der Waals surface area contributed by atoms with E-state index in [4.69, 9.17) is 0 Å². The van der Waals surface area contributed by atoms with Crippen LogP contribution in [0.5, 0.6) is 0 Å². The lowest BCUT2D eigenvalue weighted by Gasteiger charge is -2.49. The fourth-order valence-corrected chi connectivity index (χ4v) is 4.01. The van der Waals surface area contributed by atoms with E-state index < -0.39 is 0 Å². The van der Waals surface area contributed by atoms with Gasteiger partial charge in [-0.25, -0.2) is 0 Å². The summed E-state index contributed by atoms with van der Waals surface area (Å²) in [6.45, 7) is 8.66. The first-order valence-corrected chi connectivity index (χ1v) is 8.18. The van der Waals surface area contributed by atoms with Crippen LogP contribution in [0.15, 0.2) is 0 Å². The Morgan fingerprint density at radius 1 is 1.22 bits per heavy atom. The zero-order chi connectivity index (χ0) is 12.6. The zero-order valence-corrected chi connectivity index (χ0v) is 12.3. The van der Waals surface area contributed by atoms with Gasteiger partial charge >= 0.3 is 0 Å². The van der Waals surface area contributed by atoms with Crippen LogP contribution in [0.25, 0.3) is 0 Å². The Bertz CT molecular complexity index is 277. The fraction of sp³-hybridized carbons (Fsp3) is 1.00. The third-order valence-electron chi connectivity index (χ3n) is 5.48. The molecule has 0 amide bonds. The molecule has 3 aliphatic rings. The largest absolute Gasteiger partial charge is 0.311 e. The van der Waals surface area contributed by atoms with Gasteiger partial charge in [-0.15, -0.1) is 0 Å². The van der Waals surface area contributed by atoms with Crippen molar-refractivity contribution in [2.45, 2.75) is 70.4 Å². The van der Waals surface area contributed by atoms with Gasteiger partial charge in [0.1, 0.15) is 0 Å². The minimum Gasteiger partial charge on any atom is -0.311 e. The Morgan fingerprint density at radius 3 is 2.56 bits per heavy atom. The average Bonchev–Trinajstić information content (AvgIpc) is 3.09. The number of rotatable bonds is 4. The summed E-state index contributed by atoms with van der Waals surface area (Å²) in [5, 5.41) is 3.89. The fourth-order valence-electron chi connectivity index (χ4n) is 4.01. The lowest BCUT2D eigenvalue weighted by atomic mass is 9.89. The smallest absolute Gasteiger partial charge is 0.0334 e. The molecule has 2 heteroatoms. The molecule has 2 aliphatic carbocycles. The third-order valence-corrected chi connectivity index (χ3v) is 5.48. The first kappa shape index (κ1) is 12.9. The minimum atomic E-state index is 0.542. The van der Waals surface area contributed by atoms with Crippen molar-refractivity contribution in [3.63, 3.8) is 0 Å². The van der Waals surface area contributed by atoms with E-state index in [-0.39, 0.29) is 0 Å². The van der Waals surface area contributed by atoms with Crippen molar-refractivity contribution < 1.29 is 0 Å². The second kappa shape index (κ2) is 5.13. The second-order valence-electron chi connectivity index (χ2n) is 7.38. The SMILES string of the molecule is CC(C)CCN1CC(C2CC2)NCC12CCCC2. The Kier molecular flexibility index (Phi) is 3.68. The van der Waals surface area contributed by atoms with Gasteiger partial charge in [-0.1, -0.05) is 26.7 Å². The predicted molar refractivity (Wildman–Crippen MR) is 76.7 cm³/mol. The number of hydrogen-bond donors (Lipinski definition) is 1. The van der Waals surface area contributed by atoms with Crippen LogP contribution in [0.4, 0.5) is 0 Å². The Morgan fingerprint density at radius 2 is 1.94 bits per heavy atom. The van der Waals surface area contributed by atoms with Crippen molar-refractivity contribution in [3.05, 3.63) is 0 Å². The van der Waals surface area contributed by atoms with Crippen molar-refractivity contribution >= 4 is 0 Å². The molecule has 18 heavy (non-hydrogen) atoms. The normalized spacial score (nSPS) is 32.5. The Labute approximate surface area is 113 Å². The minimum absolute atomic E-state index is 0.542. The van der Waals surface area contributed by atoms with Crippen LogP contribution in [0.2, 0.25) is 0 Å². The highest BCUT2D eigenvalue weighted by atomic mass is 15.3. The van der Waals surface area contributed by atoms with Gasteiger partial charge in [-0.3, -0.25) is 4.90 Å². The highest BCUT2D eigenvalue weighted by Crippen LogP contribution is 2.41. The maximum Gasteiger partial charge on any atom is 0.0334 e. The van der Waals surface area contributed by atoms with E-state index in [2.05, 4.69) is 24.1 Å². The maximum absolute atomic E-state index is 3.89. The van der Waals surface area contributed by atoms with E-state index >= 15 is 0 Å². The number of hydrogen-bond acceptors (Lipinski definition) is 2. The molecular formula is C16H30N2. The molecule has 0 aromatic rings. The molecule has 0 aromatic heterocycles. The van der Waals surface area contributed by atoms with Crippen molar-refractivity contribution in [3.8, 4) is 0 Å². The summed E-state index contributed by atoms with van der Waals surface area (Å²) in [4.78, 5) is 2.89. The molecule has 0 radical (unpaired) electrons. The molecule has 3 rings (SSSR count). The lowest BCUT2D eigenvalue weighted by molar-refractivity contribution is 0.0346. The molecule has 1 spiro atoms. The van der Waals surface area contributed by atoms with Crippen LogP contribution in [0.3, 0.4) is 0 Å². The summed E-state index contributed by atoms with van der Waals surface area (Å²) in [6, 6.07) is 0.809. The molecule has 1 N–H and O–H groups in total. The average molecular weight is 250 g/mol. The Hall–Kier alpha value is -0.0800. The molecule has 1 saturated heterocycles. The van der Waals surface area contributed by atoms with Gasteiger partial charge in [-0.2, -0.15) is 0 Å². The third kappa shape index (κ3) is 2.60. The van der Waals surface area contributed by atoms with Crippen LogP contribution in [0.1, 0.15) is 58.8 Å². The number of nitrogens with one attached hydrogen (secondary N) is 1. The van der Waals surface area contributed by atoms with Gasteiger partial charge in [0.15, 0.2) is 0 Å². The van der Waals surface area contributed by atoms with Crippen LogP contribution in [0, 0.1) is 11.8 Å². The highest BCUT2D eigenvalue weighted by Gasteiger charge is 2.46. The molecular weight excluding hydrogens is 220 g/mol. The van der Waals surface area contributed by atoms with E-state index in [1.54, 1.807) is 0 Å². The summed E-state index contributed by atoms with van der Waals surface area (Å²) in [7, 11) is 0. The summed E-state index contributed by atoms with van der Waals surface area (Å²) < 4.78 is 0. The van der Waals surface area contributed by atoms with E-state index in [9.17, 15) is 0 Å². The van der Waals surface area contributed by atoms with E-state index in [0.29, 0.717) is 5.54 Å². The van der Waals surface area contributed by atoms with Gasteiger partial charge in [0.25, 0.3) is 0 Å². The summed E-state index contributed by atoms with van der Waals surface area (Å²) in [5.74, 6) is 1.85. The molecule has 1 atom stereocenters. The second-order valence-corrected chi connectivity index (χ2v) is 7.38. The molecule has 104 valence electrons. The van der Waals surface area contributed by atoms with Gasteiger partial charge in [0, 0.05) is 24.7 Å². The van der Waals surface area contributed by atoms with E-state index in [1.165, 1.54) is 64.6 Å². The molecule has 2 saturated carbocycles. The summed E-state index contributed by atoms with van der Waals surface area (Å²) >= 11 is 0. The van der Waals surface area contributed by atoms with Crippen LogP contribution >= 0.6 is 0 Å². The zero-order valence-electron chi connectivity index (χ0n) is 12.3. The van der Waals surface area contributed by atoms with E-state index in [0.717, 1.165) is 17.9 Å².